The van der Waals surface area contributed by atoms with Crippen molar-refractivity contribution in [3.05, 3.63) is 29.8 Å². The van der Waals surface area contributed by atoms with Crippen LogP contribution in [0.5, 0.6) is 0 Å². The summed E-state index contributed by atoms with van der Waals surface area (Å²) in [6.07, 6.45) is 5.13. The summed E-state index contributed by atoms with van der Waals surface area (Å²) in [6.45, 7) is 10.3. The smallest absolute Gasteiger partial charge is 0.0401 e. The fourth-order valence-electron chi connectivity index (χ4n) is 2.99. The molecule has 0 radical (unpaired) electrons. The third-order valence-corrected chi connectivity index (χ3v) is 4.27. The molecule has 1 heterocycles. The molecule has 0 aromatic heterocycles. The van der Waals surface area contributed by atoms with Gasteiger partial charge >= 0.3 is 0 Å². The molecule has 1 aromatic carbocycles. The van der Waals surface area contributed by atoms with Crippen molar-refractivity contribution in [2.45, 2.75) is 52.5 Å². The summed E-state index contributed by atoms with van der Waals surface area (Å²) >= 11 is 0. The molecule has 2 heteroatoms. The van der Waals surface area contributed by atoms with Crippen molar-refractivity contribution in [2.75, 3.05) is 24.5 Å². The van der Waals surface area contributed by atoms with E-state index in [1.807, 2.05) is 0 Å². The molecule has 0 aliphatic carbocycles. The lowest BCUT2D eigenvalue weighted by Crippen LogP contribution is -2.41. The molecule has 1 aromatic rings. The SMILES string of the molecule is CC(C)CCNCC(C)N1CCCCc2ccccc21. The van der Waals surface area contributed by atoms with Crippen molar-refractivity contribution in [1.29, 1.82) is 0 Å². The van der Waals surface area contributed by atoms with Gasteiger partial charge in [-0.1, -0.05) is 32.0 Å². The molecule has 20 heavy (non-hydrogen) atoms. The van der Waals surface area contributed by atoms with E-state index in [9.17, 15) is 0 Å². The van der Waals surface area contributed by atoms with Crippen molar-refractivity contribution in [2.24, 2.45) is 5.92 Å². The second-order valence-electron chi connectivity index (χ2n) is 6.51. The summed E-state index contributed by atoms with van der Waals surface area (Å²) in [6, 6.07) is 9.52. The fraction of sp³-hybridized carbons (Fsp3) is 0.667. The van der Waals surface area contributed by atoms with Crippen LogP contribution in [0.15, 0.2) is 24.3 Å². The Labute approximate surface area is 124 Å². The molecule has 1 N–H and O–H groups in total. The Morgan fingerprint density at radius 3 is 2.75 bits per heavy atom. The summed E-state index contributed by atoms with van der Waals surface area (Å²) in [5.41, 5.74) is 2.99. The van der Waals surface area contributed by atoms with Crippen LogP contribution in [0.3, 0.4) is 0 Å². The van der Waals surface area contributed by atoms with E-state index in [1.54, 1.807) is 0 Å². The largest absolute Gasteiger partial charge is 0.367 e. The van der Waals surface area contributed by atoms with Crippen LogP contribution in [0.4, 0.5) is 5.69 Å². The second kappa shape index (κ2) is 7.68. The van der Waals surface area contributed by atoms with E-state index in [2.05, 4.69) is 55.3 Å². The number of fused-ring (bicyclic) bond motifs is 1. The highest BCUT2D eigenvalue weighted by Crippen LogP contribution is 2.27. The van der Waals surface area contributed by atoms with Crippen molar-refractivity contribution >= 4 is 5.69 Å². The minimum atomic E-state index is 0.571. The van der Waals surface area contributed by atoms with Crippen LogP contribution in [0.1, 0.15) is 45.6 Å². The molecule has 112 valence electrons. The van der Waals surface area contributed by atoms with Crippen LogP contribution >= 0.6 is 0 Å². The Morgan fingerprint density at radius 1 is 1.15 bits per heavy atom. The van der Waals surface area contributed by atoms with Gasteiger partial charge in [0.15, 0.2) is 0 Å². The van der Waals surface area contributed by atoms with Gasteiger partial charge in [0, 0.05) is 24.8 Å². The van der Waals surface area contributed by atoms with Crippen LogP contribution < -0.4 is 10.2 Å². The normalized spacial score (nSPS) is 16.9. The van der Waals surface area contributed by atoms with Crippen molar-refractivity contribution in [1.82, 2.24) is 5.32 Å². The molecule has 2 nitrogen and oxygen atoms in total. The lowest BCUT2D eigenvalue weighted by molar-refractivity contribution is 0.505. The second-order valence-corrected chi connectivity index (χ2v) is 6.51. The first-order valence-electron chi connectivity index (χ1n) is 8.23. The minimum Gasteiger partial charge on any atom is -0.367 e. The number of rotatable bonds is 6. The zero-order chi connectivity index (χ0) is 14.4. The number of anilines is 1. The fourth-order valence-corrected chi connectivity index (χ4v) is 2.99. The first-order chi connectivity index (χ1) is 9.68. The van der Waals surface area contributed by atoms with Gasteiger partial charge in [-0.05, 0) is 56.7 Å². The third-order valence-electron chi connectivity index (χ3n) is 4.27. The molecule has 0 saturated carbocycles. The first kappa shape index (κ1) is 15.4. The monoisotopic (exact) mass is 274 g/mol. The standard InChI is InChI=1S/C18H30N2/c1-15(2)11-12-19-14-16(3)20-13-7-6-9-17-8-4-5-10-18(17)20/h4-5,8,10,15-16,19H,6-7,9,11-14H2,1-3H3. The third kappa shape index (κ3) is 4.24. The zero-order valence-corrected chi connectivity index (χ0v) is 13.4. The molecule has 0 fully saturated rings. The van der Waals surface area contributed by atoms with E-state index in [-0.39, 0.29) is 0 Å². The number of para-hydroxylation sites is 1. The van der Waals surface area contributed by atoms with Crippen molar-refractivity contribution in [3.63, 3.8) is 0 Å². The predicted molar refractivity (Wildman–Crippen MR) is 88.5 cm³/mol. The molecule has 0 saturated heterocycles. The van der Waals surface area contributed by atoms with Gasteiger partial charge < -0.3 is 10.2 Å². The molecule has 1 aliphatic heterocycles. The Hall–Kier alpha value is -1.02. The van der Waals surface area contributed by atoms with Gasteiger partial charge in [-0.15, -0.1) is 0 Å². The molecule has 0 bridgehead atoms. The average molecular weight is 274 g/mol. The van der Waals surface area contributed by atoms with E-state index in [0.29, 0.717) is 6.04 Å². The highest BCUT2D eigenvalue weighted by Gasteiger charge is 2.19. The molecular weight excluding hydrogens is 244 g/mol. The van der Waals surface area contributed by atoms with Crippen LogP contribution in [-0.4, -0.2) is 25.7 Å². The molecule has 1 aliphatic rings. The molecular formula is C18H30N2. The first-order valence-corrected chi connectivity index (χ1v) is 8.23. The maximum Gasteiger partial charge on any atom is 0.0401 e. The van der Waals surface area contributed by atoms with Gasteiger partial charge in [-0.2, -0.15) is 0 Å². The summed E-state index contributed by atoms with van der Waals surface area (Å²) in [5, 5.41) is 3.62. The summed E-state index contributed by atoms with van der Waals surface area (Å²) in [5.74, 6) is 0.789. The number of nitrogens with zero attached hydrogens (tertiary/aromatic N) is 1. The number of aryl methyl sites for hydroxylation is 1. The van der Waals surface area contributed by atoms with E-state index < -0.39 is 0 Å². The van der Waals surface area contributed by atoms with Crippen LogP contribution in [0, 0.1) is 5.92 Å². The van der Waals surface area contributed by atoms with Gasteiger partial charge in [0.1, 0.15) is 0 Å². The lowest BCUT2D eigenvalue weighted by Gasteiger charge is -2.32. The van der Waals surface area contributed by atoms with Gasteiger partial charge in [0.2, 0.25) is 0 Å². The Morgan fingerprint density at radius 2 is 1.95 bits per heavy atom. The highest BCUT2D eigenvalue weighted by atomic mass is 15.2. The van der Waals surface area contributed by atoms with Gasteiger partial charge in [-0.25, -0.2) is 0 Å². The minimum absolute atomic E-state index is 0.571. The molecule has 1 atom stereocenters. The van der Waals surface area contributed by atoms with Crippen molar-refractivity contribution in [3.8, 4) is 0 Å². The average Bonchev–Trinajstić information content (AvgIpc) is 2.65. The Kier molecular flexibility index (Phi) is 5.90. The summed E-state index contributed by atoms with van der Waals surface area (Å²) in [7, 11) is 0. The van der Waals surface area contributed by atoms with Gasteiger partial charge in [-0.3, -0.25) is 0 Å². The summed E-state index contributed by atoms with van der Waals surface area (Å²) < 4.78 is 0. The van der Waals surface area contributed by atoms with Gasteiger partial charge in [0.25, 0.3) is 0 Å². The van der Waals surface area contributed by atoms with E-state index in [0.717, 1.165) is 19.0 Å². The van der Waals surface area contributed by atoms with E-state index in [4.69, 9.17) is 0 Å². The molecule has 0 spiro atoms. The highest BCUT2D eigenvalue weighted by molar-refractivity contribution is 5.55. The Bertz CT molecular complexity index is 400. The zero-order valence-electron chi connectivity index (χ0n) is 13.4. The van der Waals surface area contributed by atoms with E-state index >= 15 is 0 Å². The van der Waals surface area contributed by atoms with Crippen LogP contribution in [0.2, 0.25) is 0 Å². The lowest BCUT2D eigenvalue weighted by atomic mass is 10.1. The Balaban J connectivity index is 1.93. The van der Waals surface area contributed by atoms with Crippen LogP contribution in [-0.2, 0) is 6.42 Å². The number of hydrogen-bond donors (Lipinski definition) is 1. The van der Waals surface area contributed by atoms with E-state index in [1.165, 1.54) is 43.5 Å². The number of hydrogen-bond acceptors (Lipinski definition) is 2. The summed E-state index contributed by atoms with van der Waals surface area (Å²) in [4.78, 5) is 2.60. The molecule has 0 amide bonds. The topological polar surface area (TPSA) is 15.3 Å². The quantitative estimate of drug-likeness (QED) is 0.793. The van der Waals surface area contributed by atoms with Crippen LogP contribution in [0.25, 0.3) is 0 Å². The molecule has 2 rings (SSSR count). The number of benzene rings is 1. The molecule has 1 unspecified atom stereocenters. The maximum atomic E-state index is 3.62. The van der Waals surface area contributed by atoms with Crippen molar-refractivity contribution < 1.29 is 0 Å². The predicted octanol–water partition coefficient (Wildman–Crippen LogP) is 3.85. The van der Waals surface area contributed by atoms with Gasteiger partial charge in [0.05, 0.1) is 0 Å². The maximum absolute atomic E-state index is 3.62. The number of nitrogens with one attached hydrogen (secondary N) is 1.